The summed E-state index contributed by atoms with van der Waals surface area (Å²) in [6.45, 7) is 8.33. The maximum Gasteiger partial charge on any atom is 0.336 e. The third-order valence-electron chi connectivity index (χ3n) is 4.98. The van der Waals surface area contributed by atoms with Gasteiger partial charge in [0, 0.05) is 28.3 Å². The van der Waals surface area contributed by atoms with Crippen LogP contribution in [0.3, 0.4) is 0 Å². The van der Waals surface area contributed by atoms with Gasteiger partial charge in [0.2, 0.25) is 0 Å². The number of ketones is 1. The van der Waals surface area contributed by atoms with Crippen molar-refractivity contribution in [2.24, 2.45) is 0 Å². The number of nitrogens with one attached hydrogen (secondary N) is 1. The highest BCUT2D eigenvalue weighted by Crippen LogP contribution is 2.47. The topological polar surface area (TPSA) is 55.4 Å². The Kier molecular flexibility index (Phi) is 6.48. The lowest BCUT2D eigenvalue weighted by molar-refractivity contribution is -0.138. The van der Waals surface area contributed by atoms with Crippen LogP contribution < -0.4 is 5.32 Å². The number of thiophene rings is 1. The number of dihydropyridines is 1. The summed E-state index contributed by atoms with van der Waals surface area (Å²) >= 11 is 3.57. The molecule has 1 aromatic rings. The SMILES string of the molecule is CCOC(=O)C1=C(C)NC2=C(C(=O)CCC2)C1c1cc(CC)sc1SCC. The highest BCUT2D eigenvalue weighted by atomic mass is 32.2. The van der Waals surface area contributed by atoms with Gasteiger partial charge in [-0.3, -0.25) is 4.79 Å². The fourth-order valence-corrected chi connectivity index (χ4v) is 6.21. The second-order valence-corrected chi connectivity index (χ2v) is 9.40. The number of rotatable bonds is 6. The molecule has 1 unspecified atom stereocenters. The number of carbonyl (C=O) groups is 2. The summed E-state index contributed by atoms with van der Waals surface area (Å²) in [6.07, 6.45) is 3.21. The molecule has 0 saturated heterocycles. The molecule has 0 saturated carbocycles. The molecule has 6 heteroatoms. The Morgan fingerprint density at radius 2 is 2.11 bits per heavy atom. The van der Waals surface area contributed by atoms with Crippen LogP contribution in [-0.2, 0) is 20.7 Å². The Bertz CT molecular complexity index is 819. The van der Waals surface area contributed by atoms with E-state index in [0.29, 0.717) is 18.6 Å². The zero-order valence-electron chi connectivity index (χ0n) is 16.4. The quantitative estimate of drug-likeness (QED) is 0.536. The van der Waals surface area contributed by atoms with Crippen molar-refractivity contribution in [2.45, 2.75) is 63.5 Å². The van der Waals surface area contributed by atoms with Crippen LogP contribution in [0.25, 0.3) is 0 Å². The van der Waals surface area contributed by atoms with Gasteiger partial charge >= 0.3 is 5.97 Å². The van der Waals surface area contributed by atoms with Gasteiger partial charge in [0.25, 0.3) is 0 Å². The van der Waals surface area contributed by atoms with Crippen molar-refractivity contribution in [1.82, 2.24) is 5.32 Å². The first-order valence-corrected chi connectivity index (χ1v) is 11.5. The van der Waals surface area contributed by atoms with Gasteiger partial charge in [-0.05, 0) is 50.5 Å². The number of Topliss-reactive ketones (excluding diaryl/α,β-unsaturated/α-hetero) is 1. The molecule has 0 radical (unpaired) electrons. The monoisotopic (exact) mass is 405 g/mol. The van der Waals surface area contributed by atoms with Crippen molar-refractivity contribution < 1.29 is 14.3 Å². The number of allylic oxidation sites excluding steroid dienone is 3. The molecule has 1 atom stereocenters. The maximum atomic E-state index is 12.9. The fourth-order valence-electron chi connectivity index (χ4n) is 3.83. The normalized spacial score (nSPS) is 19.9. The van der Waals surface area contributed by atoms with Crippen LogP contribution in [0, 0.1) is 0 Å². The highest BCUT2D eigenvalue weighted by molar-refractivity contribution is 8.01. The molecule has 1 aliphatic carbocycles. The number of ether oxygens (including phenoxy) is 1. The van der Waals surface area contributed by atoms with Crippen LogP contribution in [0.4, 0.5) is 0 Å². The van der Waals surface area contributed by atoms with Gasteiger partial charge in [-0.25, -0.2) is 4.79 Å². The van der Waals surface area contributed by atoms with Gasteiger partial charge in [-0.2, -0.15) is 0 Å². The van der Waals surface area contributed by atoms with Crippen molar-refractivity contribution >= 4 is 34.9 Å². The van der Waals surface area contributed by atoms with E-state index >= 15 is 0 Å². The molecule has 2 aliphatic rings. The predicted molar refractivity (Wildman–Crippen MR) is 111 cm³/mol. The average Bonchev–Trinajstić information content (AvgIpc) is 3.04. The molecule has 3 rings (SSSR count). The van der Waals surface area contributed by atoms with Crippen molar-refractivity contribution in [3.05, 3.63) is 39.0 Å². The van der Waals surface area contributed by atoms with Crippen molar-refractivity contribution in [1.29, 1.82) is 0 Å². The fraction of sp³-hybridized carbons (Fsp3) is 0.524. The second-order valence-electron chi connectivity index (χ2n) is 6.73. The van der Waals surface area contributed by atoms with Crippen LogP contribution >= 0.6 is 23.1 Å². The Morgan fingerprint density at radius 3 is 2.78 bits per heavy atom. The summed E-state index contributed by atoms with van der Waals surface area (Å²) < 4.78 is 6.59. The van der Waals surface area contributed by atoms with Crippen LogP contribution in [0.2, 0.25) is 0 Å². The van der Waals surface area contributed by atoms with E-state index in [1.54, 1.807) is 23.1 Å². The summed E-state index contributed by atoms with van der Waals surface area (Å²) in [6, 6.07) is 2.19. The van der Waals surface area contributed by atoms with E-state index in [0.717, 1.165) is 47.5 Å². The molecule has 1 aromatic heterocycles. The van der Waals surface area contributed by atoms with E-state index in [4.69, 9.17) is 4.74 Å². The third-order valence-corrected chi connectivity index (χ3v) is 7.46. The van der Waals surface area contributed by atoms with Crippen molar-refractivity contribution in [2.75, 3.05) is 12.4 Å². The number of hydrogen-bond acceptors (Lipinski definition) is 6. The number of esters is 1. The molecular weight excluding hydrogens is 378 g/mol. The molecular formula is C21H27NO3S2. The number of hydrogen-bond donors (Lipinski definition) is 1. The molecule has 27 heavy (non-hydrogen) atoms. The summed E-state index contributed by atoms with van der Waals surface area (Å²) in [5.41, 5.74) is 4.25. The van der Waals surface area contributed by atoms with Gasteiger partial charge in [-0.1, -0.05) is 13.8 Å². The molecule has 0 bridgehead atoms. The highest BCUT2D eigenvalue weighted by Gasteiger charge is 2.40. The Balaban J connectivity index is 2.20. The number of carbonyl (C=O) groups excluding carboxylic acids is 2. The smallest absolute Gasteiger partial charge is 0.336 e. The van der Waals surface area contributed by atoms with Gasteiger partial charge in [-0.15, -0.1) is 23.1 Å². The Morgan fingerprint density at radius 1 is 1.33 bits per heavy atom. The van der Waals surface area contributed by atoms with Crippen molar-refractivity contribution in [3.63, 3.8) is 0 Å². The summed E-state index contributed by atoms with van der Waals surface area (Å²) in [7, 11) is 0. The third kappa shape index (κ3) is 3.87. The average molecular weight is 406 g/mol. The Labute approximate surface area is 169 Å². The predicted octanol–water partition coefficient (Wildman–Crippen LogP) is 4.95. The summed E-state index contributed by atoms with van der Waals surface area (Å²) in [5, 5.41) is 3.34. The number of thioether (sulfide) groups is 1. The van der Waals surface area contributed by atoms with Gasteiger partial charge in [0.15, 0.2) is 5.78 Å². The molecule has 1 N–H and O–H groups in total. The maximum absolute atomic E-state index is 12.9. The lowest BCUT2D eigenvalue weighted by Crippen LogP contribution is -2.34. The van der Waals surface area contributed by atoms with Gasteiger partial charge < -0.3 is 10.1 Å². The second kappa shape index (κ2) is 8.65. The molecule has 0 amide bonds. The molecule has 4 nitrogen and oxygen atoms in total. The minimum absolute atomic E-state index is 0.153. The number of aryl methyl sites for hydroxylation is 1. The molecule has 1 aliphatic heterocycles. The van der Waals surface area contributed by atoms with Gasteiger partial charge in [0.1, 0.15) is 0 Å². The molecule has 0 fully saturated rings. The first kappa shape index (κ1) is 20.2. The van der Waals surface area contributed by atoms with E-state index in [1.165, 1.54) is 9.09 Å². The van der Waals surface area contributed by atoms with E-state index in [9.17, 15) is 9.59 Å². The minimum Gasteiger partial charge on any atom is -0.463 e. The summed E-state index contributed by atoms with van der Waals surface area (Å²) in [4.78, 5) is 27.1. The van der Waals surface area contributed by atoms with Crippen LogP contribution in [0.5, 0.6) is 0 Å². The Hall–Kier alpha value is -1.53. The molecule has 146 valence electrons. The zero-order chi connectivity index (χ0) is 19.6. The van der Waals surface area contributed by atoms with Crippen LogP contribution in [0.1, 0.15) is 63.3 Å². The lowest BCUT2D eigenvalue weighted by atomic mass is 9.76. The van der Waals surface area contributed by atoms with Gasteiger partial charge in [0.05, 0.1) is 22.3 Å². The first-order chi connectivity index (χ1) is 13.0. The first-order valence-electron chi connectivity index (χ1n) is 9.68. The van der Waals surface area contributed by atoms with E-state index in [-0.39, 0.29) is 17.7 Å². The summed E-state index contributed by atoms with van der Waals surface area (Å²) in [5.74, 6) is 0.464. The molecule has 0 spiro atoms. The van der Waals surface area contributed by atoms with E-state index in [2.05, 4.69) is 25.2 Å². The lowest BCUT2D eigenvalue weighted by Gasteiger charge is -2.34. The molecule has 0 aromatic carbocycles. The standard InChI is InChI=1S/C21H27NO3S2/c1-5-13-11-14(21(27-13)26-7-3)18-17(20(24)25-6-2)12(4)22-15-9-8-10-16(23)19(15)18/h11,18,22H,5-10H2,1-4H3. The minimum atomic E-state index is -0.325. The largest absolute Gasteiger partial charge is 0.463 e. The van der Waals surface area contributed by atoms with Crippen molar-refractivity contribution in [3.8, 4) is 0 Å². The van der Waals surface area contributed by atoms with Crippen LogP contribution in [0.15, 0.2) is 32.8 Å². The van der Waals surface area contributed by atoms with E-state index < -0.39 is 0 Å². The molecule has 2 heterocycles. The van der Waals surface area contributed by atoms with E-state index in [1.807, 2.05) is 13.8 Å². The van der Waals surface area contributed by atoms with Crippen LogP contribution in [-0.4, -0.2) is 24.1 Å². The zero-order valence-corrected chi connectivity index (χ0v) is 18.1.